The van der Waals surface area contributed by atoms with Crippen LogP contribution < -0.4 is 9.47 Å². The number of β-amino-alcohol motifs (C(OH)–C–C–N with tert-alkyl or cyclic N) is 1. The van der Waals surface area contributed by atoms with Crippen molar-refractivity contribution < 1.29 is 23.5 Å². The van der Waals surface area contributed by atoms with Gasteiger partial charge in [0.15, 0.2) is 0 Å². The minimum Gasteiger partial charge on any atom is -0.497 e. The number of nitrogens with zero attached hydrogens (tertiary/aromatic N) is 2. The third-order valence-corrected chi connectivity index (χ3v) is 5.23. The number of ether oxygens (including phenoxy) is 2. The highest BCUT2D eigenvalue weighted by molar-refractivity contribution is 5.63. The van der Waals surface area contributed by atoms with Gasteiger partial charge in [0.05, 0.1) is 20.3 Å². The van der Waals surface area contributed by atoms with Crippen LogP contribution >= 0.6 is 0 Å². The quantitative estimate of drug-likeness (QED) is 0.685. The fourth-order valence-electron chi connectivity index (χ4n) is 3.73. The highest BCUT2D eigenvalue weighted by Gasteiger charge is 2.27. The highest BCUT2D eigenvalue weighted by atomic mass is 19.1. The number of aromatic nitrogens is 1. The first-order valence-electron chi connectivity index (χ1n) is 9.44. The largest absolute Gasteiger partial charge is 0.497 e. The predicted octanol–water partition coefficient (Wildman–Crippen LogP) is 3.59. The molecule has 2 aromatic carbocycles. The van der Waals surface area contributed by atoms with Gasteiger partial charge in [-0.25, -0.2) is 4.39 Å². The molecular weight excluding hydrogens is 375 g/mol. The molecule has 1 N–H and O–H groups in total. The second-order valence-electron chi connectivity index (χ2n) is 7.05. The van der Waals surface area contributed by atoms with Crippen molar-refractivity contribution in [2.24, 2.45) is 0 Å². The Bertz CT molecular complexity index is 1000. The van der Waals surface area contributed by atoms with Crippen LogP contribution in [0.4, 0.5) is 4.39 Å². The number of fused-ring (bicyclic) bond motifs is 1. The monoisotopic (exact) mass is 398 g/mol. The molecule has 1 aliphatic rings. The molecule has 1 unspecified atom stereocenters. The van der Waals surface area contributed by atoms with Gasteiger partial charge < -0.3 is 19.1 Å². The van der Waals surface area contributed by atoms with E-state index in [1.165, 1.54) is 12.1 Å². The Labute approximate surface area is 168 Å². The Morgan fingerprint density at radius 2 is 2.07 bits per heavy atom. The van der Waals surface area contributed by atoms with Gasteiger partial charge >= 0.3 is 0 Å². The first-order valence-corrected chi connectivity index (χ1v) is 9.44. The van der Waals surface area contributed by atoms with E-state index in [2.05, 4.69) is 10.1 Å². The van der Waals surface area contributed by atoms with E-state index >= 15 is 0 Å². The molecule has 0 aliphatic carbocycles. The molecule has 1 aliphatic heterocycles. The third-order valence-electron chi connectivity index (χ3n) is 5.23. The number of rotatable bonds is 6. The molecule has 2 heterocycles. The third kappa shape index (κ3) is 3.97. The van der Waals surface area contributed by atoms with E-state index in [1.807, 2.05) is 6.07 Å². The Balaban J connectivity index is 1.54. The zero-order chi connectivity index (χ0) is 20.4. The van der Waals surface area contributed by atoms with Crippen LogP contribution in [-0.4, -0.2) is 42.5 Å². The van der Waals surface area contributed by atoms with Crippen LogP contribution in [0.15, 0.2) is 47.0 Å². The Morgan fingerprint density at radius 1 is 1.21 bits per heavy atom. The number of aliphatic hydroxyl groups is 1. The summed E-state index contributed by atoms with van der Waals surface area (Å²) < 4.78 is 29.8. The number of hydrogen-bond acceptors (Lipinski definition) is 6. The maximum Gasteiger partial charge on any atom is 0.143 e. The zero-order valence-corrected chi connectivity index (χ0v) is 16.4. The van der Waals surface area contributed by atoms with Gasteiger partial charge in [-0.1, -0.05) is 17.3 Å². The average molecular weight is 398 g/mol. The Kier molecular flexibility index (Phi) is 5.51. The number of methoxy groups -OCH3 is 2. The summed E-state index contributed by atoms with van der Waals surface area (Å²) in [6.07, 6.45) is -0.0707. The highest BCUT2D eigenvalue weighted by Crippen LogP contribution is 2.33. The smallest absolute Gasteiger partial charge is 0.143 e. The molecule has 0 saturated heterocycles. The number of hydrogen-bond donors (Lipinski definition) is 1. The lowest BCUT2D eigenvalue weighted by Gasteiger charge is -2.28. The fraction of sp³-hybridized carbons (Fsp3) is 0.318. The van der Waals surface area contributed by atoms with Crippen LogP contribution in [0.2, 0.25) is 0 Å². The lowest BCUT2D eigenvalue weighted by Crippen LogP contribution is -2.33. The van der Waals surface area contributed by atoms with Crippen LogP contribution in [-0.2, 0) is 13.0 Å². The molecule has 3 aromatic rings. The normalized spacial score (nSPS) is 15.0. The number of halogens is 1. The Hall–Kier alpha value is -2.90. The Morgan fingerprint density at radius 3 is 2.83 bits per heavy atom. The van der Waals surface area contributed by atoms with Gasteiger partial charge in [0, 0.05) is 42.7 Å². The molecule has 6 nitrogen and oxygen atoms in total. The molecule has 1 aromatic heterocycles. The summed E-state index contributed by atoms with van der Waals surface area (Å²) >= 11 is 0. The van der Waals surface area contributed by atoms with Crippen molar-refractivity contribution in [3.05, 3.63) is 65.2 Å². The van der Waals surface area contributed by atoms with Crippen molar-refractivity contribution in [3.8, 4) is 22.8 Å². The maximum absolute atomic E-state index is 13.6. The van der Waals surface area contributed by atoms with Crippen molar-refractivity contribution in [1.29, 1.82) is 0 Å². The minimum atomic E-state index is -0.751. The maximum atomic E-state index is 13.6. The van der Waals surface area contributed by atoms with Gasteiger partial charge in [0.2, 0.25) is 0 Å². The van der Waals surface area contributed by atoms with Crippen molar-refractivity contribution in [1.82, 2.24) is 10.1 Å². The average Bonchev–Trinajstić information content (AvgIpc) is 3.16. The van der Waals surface area contributed by atoms with E-state index < -0.39 is 6.10 Å². The van der Waals surface area contributed by atoms with Crippen molar-refractivity contribution in [2.45, 2.75) is 19.1 Å². The summed E-state index contributed by atoms with van der Waals surface area (Å²) in [5, 5.41) is 15.0. The molecule has 0 radical (unpaired) electrons. The van der Waals surface area contributed by atoms with Crippen molar-refractivity contribution >= 4 is 0 Å². The number of aliphatic hydroxyl groups excluding tert-OH is 1. The van der Waals surface area contributed by atoms with E-state index in [9.17, 15) is 9.50 Å². The lowest BCUT2D eigenvalue weighted by atomic mass is 10.00. The summed E-state index contributed by atoms with van der Waals surface area (Å²) in [4.78, 5) is 2.13. The summed E-state index contributed by atoms with van der Waals surface area (Å²) in [6, 6.07) is 11.7. The lowest BCUT2D eigenvalue weighted by molar-refractivity contribution is 0.101. The van der Waals surface area contributed by atoms with E-state index in [1.54, 1.807) is 38.5 Å². The SMILES string of the molecule is COc1ccc(OC)c(C(O)CN2CCc3onc(-c4cccc(F)c4)c3C2)c1. The van der Waals surface area contributed by atoms with Crippen LogP contribution in [0.5, 0.6) is 11.5 Å². The molecule has 0 saturated carbocycles. The van der Waals surface area contributed by atoms with E-state index in [-0.39, 0.29) is 5.82 Å². The van der Waals surface area contributed by atoms with Crippen LogP contribution in [0.1, 0.15) is 23.0 Å². The molecule has 0 amide bonds. The van der Waals surface area contributed by atoms with Crippen molar-refractivity contribution in [3.63, 3.8) is 0 Å². The van der Waals surface area contributed by atoms with E-state index in [0.29, 0.717) is 47.8 Å². The molecule has 4 rings (SSSR count). The summed E-state index contributed by atoms with van der Waals surface area (Å²) in [7, 11) is 3.16. The van der Waals surface area contributed by atoms with Gasteiger partial charge in [-0.15, -0.1) is 0 Å². The first kappa shape index (κ1) is 19.4. The molecule has 1 atom stereocenters. The standard InChI is InChI=1S/C22H23FN2O4/c1-27-16-6-7-20(28-2)17(11-16)19(26)13-25-9-8-21-18(12-25)22(24-29-21)14-4-3-5-15(23)10-14/h3-7,10-11,19,26H,8-9,12-13H2,1-2H3. The van der Waals surface area contributed by atoms with E-state index in [0.717, 1.165) is 17.9 Å². The van der Waals surface area contributed by atoms with Gasteiger partial charge in [-0.3, -0.25) is 4.90 Å². The minimum absolute atomic E-state index is 0.313. The topological polar surface area (TPSA) is 68.0 Å². The van der Waals surface area contributed by atoms with E-state index in [4.69, 9.17) is 14.0 Å². The second-order valence-corrected chi connectivity index (χ2v) is 7.05. The molecule has 0 fully saturated rings. The van der Waals surface area contributed by atoms with Crippen LogP contribution in [0, 0.1) is 5.82 Å². The number of benzene rings is 2. The first-order chi connectivity index (χ1) is 14.1. The summed E-state index contributed by atoms with van der Waals surface area (Å²) in [6.45, 7) is 1.71. The van der Waals surface area contributed by atoms with Crippen LogP contribution in [0.25, 0.3) is 11.3 Å². The molecule has 152 valence electrons. The molecule has 7 heteroatoms. The van der Waals surface area contributed by atoms with Crippen molar-refractivity contribution in [2.75, 3.05) is 27.3 Å². The second kappa shape index (κ2) is 8.23. The van der Waals surface area contributed by atoms with Gasteiger partial charge in [0.25, 0.3) is 0 Å². The summed E-state index contributed by atoms with van der Waals surface area (Å²) in [5.74, 6) is 1.77. The summed E-state index contributed by atoms with van der Waals surface area (Å²) in [5.41, 5.74) is 2.95. The molecule has 29 heavy (non-hydrogen) atoms. The van der Waals surface area contributed by atoms with Crippen LogP contribution in [0.3, 0.4) is 0 Å². The van der Waals surface area contributed by atoms with Gasteiger partial charge in [-0.05, 0) is 30.3 Å². The molecule has 0 bridgehead atoms. The van der Waals surface area contributed by atoms with Gasteiger partial charge in [-0.2, -0.15) is 0 Å². The molecular formula is C22H23FN2O4. The molecule has 0 spiro atoms. The predicted molar refractivity (Wildman–Crippen MR) is 105 cm³/mol. The zero-order valence-electron chi connectivity index (χ0n) is 16.4. The fourth-order valence-corrected chi connectivity index (χ4v) is 3.73. The van der Waals surface area contributed by atoms with Gasteiger partial charge in [0.1, 0.15) is 28.8 Å².